The smallest absolute Gasteiger partial charge is 0.392 e. The molecule has 0 unspecified atom stereocenters. The number of nitrogens with one attached hydrogen (secondary N) is 2. The molecule has 1 spiro atoms. The average molecular weight is 326 g/mol. The Hall–Kier alpha value is -1.79. The van der Waals surface area contributed by atoms with E-state index in [4.69, 9.17) is 9.57 Å². The van der Waals surface area contributed by atoms with E-state index in [0.29, 0.717) is 18.9 Å². The normalized spacial score (nSPS) is 18.8. The van der Waals surface area contributed by atoms with Crippen molar-refractivity contribution >= 4 is 24.4 Å². The summed E-state index contributed by atoms with van der Waals surface area (Å²) in [5.41, 5.74) is 0.745. The molecule has 6 nitrogen and oxygen atoms in total. The zero-order chi connectivity index (χ0) is 14.5. The van der Waals surface area contributed by atoms with E-state index in [-0.39, 0.29) is 18.0 Å². The Morgan fingerprint density at radius 1 is 1.32 bits per heavy atom. The van der Waals surface area contributed by atoms with Crippen molar-refractivity contribution < 1.29 is 14.4 Å². The molecular weight excluding hydrogens is 306 g/mol. The Balaban J connectivity index is 0.00000176. The summed E-state index contributed by atoms with van der Waals surface area (Å²) in [7, 11) is 0. The van der Waals surface area contributed by atoms with Crippen molar-refractivity contribution in [1.82, 2.24) is 10.6 Å². The van der Waals surface area contributed by atoms with Gasteiger partial charge in [0, 0.05) is 19.4 Å². The highest BCUT2D eigenvalue weighted by Crippen LogP contribution is 2.32. The minimum atomic E-state index is -0.493. The van der Waals surface area contributed by atoms with Crippen LogP contribution >= 0.6 is 12.4 Å². The number of piperidine rings is 1. The van der Waals surface area contributed by atoms with Crippen LogP contribution in [0.4, 0.5) is 4.79 Å². The van der Waals surface area contributed by atoms with Crippen LogP contribution in [0.3, 0.4) is 0 Å². The van der Waals surface area contributed by atoms with Gasteiger partial charge in [-0.05, 0) is 18.7 Å². The second-order valence-corrected chi connectivity index (χ2v) is 5.41. The number of rotatable bonds is 2. The van der Waals surface area contributed by atoms with E-state index in [0.717, 1.165) is 31.5 Å². The van der Waals surface area contributed by atoms with Crippen molar-refractivity contribution in [3.8, 4) is 0 Å². The fourth-order valence-electron chi connectivity index (χ4n) is 2.61. The van der Waals surface area contributed by atoms with Gasteiger partial charge in [-0.1, -0.05) is 35.5 Å². The van der Waals surface area contributed by atoms with Crippen LogP contribution in [0.15, 0.2) is 35.5 Å². The van der Waals surface area contributed by atoms with E-state index in [9.17, 15) is 4.79 Å². The molecule has 2 N–H and O–H groups in total. The molecule has 0 saturated carbocycles. The van der Waals surface area contributed by atoms with E-state index in [1.165, 1.54) is 0 Å². The lowest BCUT2D eigenvalue weighted by Crippen LogP contribution is -2.42. The minimum absolute atomic E-state index is 0. The van der Waals surface area contributed by atoms with E-state index < -0.39 is 6.09 Å². The van der Waals surface area contributed by atoms with E-state index >= 15 is 0 Å². The van der Waals surface area contributed by atoms with Gasteiger partial charge in [-0.3, -0.25) is 0 Å². The average Bonchev–Trinajstić information content (AvgIpc) is 2.89. The van der Waals surface area contributed by atoms with Crippen LogP contribution in [-0.4, -0.2) is 30.7 Å². The van der Waals surface area contributed by atoms with Crippen LogP contribution in [0.25, 0.3) is 0 Å². The third kappa shape index (κ3) is 4.11. The molecule has 0 aliphatic carbocycles. The molecule has 7 heteroatoms. The second kappa shape index (κ2) is 7.47. The molecule has 1 amide bonds. The largest absolute Gasteiger partial charge is 0.414 e. The molecule has 1 saturated heterocycles. The summed E-state index contributed by atoms with van der Waals surface area (Å²) in [5, 5.41) is 9.90. The number of halogens is 1. The highest BCUT2D eigenvalue weighted by Gasteiger charge is 2.41. The Morgan fingerprint density at radius 3 is 2.77 bits per heavy atom. The molecule has 2 aliphatic rings. The molecule has 0 atom stereocenters. The monoisotopic (exact) mass is 325 g/mol. The number of ether oxygens (including phenoxy) is 1. The predicted molar refractivity (Wildman–Crippen MR) is 85.0 cm³/mol. The molecule has 3 rings (SSSR count). The van der Waals surface area contributed by atoms with Crippen LogP contribution in [0.2, 0.25) is 0 Å². The number of oxime groups is 1. The zero-order valence-corrected chi connectivity index (χ0v) is 13.0. The SMILES string of the molecule is Cl.O=C(NCc1ccccc1)OC1=NOC2(CCNCC2)C1. The van der Waals surface area contributed by atoms with Crippen LogP contribution in [0.1, 0.15) is 24.8 Å². The summed E-state index contributed by atoms with van der Waals surface area (Å²) in [6.07, 6.45) is 1.84. The molecule has 1 aromatic carbocycles. The lowest BCUT2D eigenvalue weighted by Gasteiger charge is -2.30. The summed E-state index contributed by atoms with van der Waals surface area (Å²) in [4.78, 5) is 17.3. The Labute approximate surface area is 135 Å². The highest BCUT2D eigenvalue weighted by molar-refractivity contribution is 5.89. The van der Waals surface area contributed by atoms with Crippen LogP contribution in [-0.2, 0) is 16.1 Å². The minimum Gasteiger partial charge on any atom is -0.392 e. The summed E-state index contributed by atoms with van der Waals surface area (Å²) < 4.78 is 5.22. The molecule has 1 fully saturated rings. The lowest BCUT2D eigenvalue weighted by atomic mass is 9.89. The third-order valence-electron chi connectivity index (χ3n) is 3.82. The molecule has 2 heterocycles. The Morgan fingerprint density at radius 2 is 2.05 bits per heavy atom. The number of amides is 1. The van der Waals surface area contributed by atoms with Gasteiger partial charge in [-0.25, -0.2) is 4.79 Å². The van der Waals surface area contributed by atoms with Gasteiger partial charge in [-0.2, -0.15) is 0 Å². The molecule has 0 bridgehead atoms. The fourth-order valence-corrected chi connectivity index (χ4v) is 2.61. The van der Waals surface area contributed by atoms with Gasteiger partial charge in [0.2, 0.25) is 5.90 Å². The first-order valence-electron chi connectivity index (χ1n) is 7.21. The summed E-state index contributed by atoms with van der Waals surface area (Å²) in [6, 6.07) is 9.68. The van der Waals surface area contributed by atoms with Gasteiger partial charge >= 0.3 is 6.09 Å². The zero-order valence-electron chi connectivity index (χ0n) is 12.2. The molecular formula is C15H20ClN3O3. The standard InChI is InChI=1S/C15H19N3O3.ClH/c19-14(17-11-12-4-2-1-3-5-12)20-13-10-15(21-18-13)6-8-16-9-7-15;/h1-5,16H,6-11H2,(H,17,19);1H. The fraction of sp³-hybridized carbons (Fsp3) is 0.467. The first kappa shape index (κ1) is 16.6. The molecule has 2 aliphatic heterocycles. The summed E-state index contributed by atoms with van der Waals surface area (Å²) >= 11 is 0. The number of alkyl carbamates (subject to hydrolysis) is 1. The first-order valence-corrected chi connectivity index (χ1v) is 7.21. The van der Waals surface area contributed by atoms with Gasteiger partial charge in [0.1, 0.15) is 5.60 Å². The Kier molecular flexibility index (Phi) is 5.63. The molecule has 0 radical (unpaired) electrons. The van der Waals surface area contributed by atoms with Gasteiger partial charge in [0.15, 0.2) is 0 Å². The summed E-state index contributed by atoms with van der Waals surface area (Å²) in [5.74, 6) is 0.363. The summed E-state index contributed by atoms with van der Waals surface area (Å²) in [6.45, 7) is 2.24. The van der Waals surface area contributed by atoms with Gasteiger partial charge in [0.05, 0.1) is 6.42 Å². The quantitative estimate of drug-likeness (QED) is 0.874. The van der Waals surface area contributed by atoms with E-state index in [1.54, 1.807) is 0 Å². The molecule has 1 aromatic rings. The van der Waals surface area contributed by atoms with Crippen molar-refractivity contribution in [2.75, 3.05) is 13.1 Å². The maximum absolute atomic E-state index is 11.8. The van der Waals surface area contributed by atoms with Crippen molar-refractivity contribution in [3.05, 3.63) is 35.9 Å². The van der Waals surface area contributed by atoms with E-state index in [1.807, 2.05) is 30.3 Å². The maximum atomic E-state index is 11.8. The predicted octanol–water partition coefficient (Wildman–Crippen LogP) is 2.19. The number of carbonyl (C=O) groups is 1. The number of hydrogen-bond acceptors (Lipinski definition) is 5. The Bertz CT molecular complexity index is 530. The molecule has 0 aromatic heterocycles. The van der Waals surface area contributed by atoms with Crippen molar-refractivity contribution in [2.24, 2.45) is 5.16 Å². The van der Waals surface area contributed by atoms with Gasteiger partial charge < -0.3 is 20.2 Å². The lowest BCUT2D eigenvalue weighted by molar-refractivity contribution is -0.0400. The number of nitrogens with zero attached hydrogens (tertiary/aromatic N) is 1. The van der Waals surface area contributed by atoms with Crippen molar-refractivity contribution in [3.63, 3.8) is 0 Å². The number of benzene rings is 1. The number of hydrogen-bond donors (Lipinski definition) is 2. The topological polar surface area (TPSA) is 72.0 Å². The number of carbonyl (C=O) groups excluding carboxylic acids is 1. The van der Waals surface area contributed by atoms with Crippen LogP contribution in [0.5, 0.6) is 0 Å². The third-order valence-corrected chi connectivity index (χ3v) is 3.82. The van der Waals surface area contributed by atoms with Gasteiger partial charge in [-0.15, -0.1) is 12.4 Å². The molecule has 120 valence electrons. The second-order valence-electron chi connectivity index (χ2n) is 5.41. The van der Waals surface area contributed by atoms with Crippen molar-refractivity contribution in [2.45, 2.75) is 31.4 Å². The first-order chi connectivity index (χ1) is 10.3. The van der Waals surface area contributed by atoms with Crippen molar-refractivity contribution in [1.29, 1.82) is 0 Å². The molecule has 22 heavy (non-hydrogen) atoms. The van der Waals surface area contributed by atoms with E-state index in [2.05, 4.69) is 15.8 Å². The maximum Gasteiger partial charge on any atom is 0.414 e. The highest BCUT2D eigenvalue weighted by atomic mass is 35.5. The van der Waals surface area contributed by atoms with Gasteiger partial charge in [0.25, 0.3) is 0 Å². The van der Waals surface area contributed by atoms with Crippen LogP contribution in [0, 0.1) is 0 Å². The van der Waals surface area contributed by atoms with Crippen LogP contribution < -0.4 is 10.6 Å².